The van der Waals surface area contributed by atoms with Crippen LogP contribution in [0.2, 0.25) is 0 Å². The summed E-state index contributed by atoms with van der Waals surface area (Å²) in [7, 11) is 0. The van der Waals surface area contributed by atoms with Gasteiger partial charge in [0.1, 0.15) is 12.3 Å². The van der Waals surface area contributed by atoms with Gasteiger partial charge in [0.2, 0.25) is 0 Å². The molecule has 0 aliphatic heterocycles. The lowest BCUT2D eigenvalue weighted by Gasteiger charge is -2.15. The summed E-state index contributed by atoms with van der Waals surface area (Å²) in [5.41, 5.74) is 3.16. The maximum Gasteiger partial charge on any atom is 0.319 e. The van der Waals surface area contributed by atoms with Crippen LogP contribution < -0.4 is 15.5 Å². The highest BCUT2D eigenvalue weighted by Crippen LogP contribution is 2.14. The lowest BCUT2D eigenvalue weighted by molar-refractivity contribution is -0.913. The quantitative estimate of drug-likeness (QED) is 0.643. The summed E-state index contributed by atoms with van der Waals surface area (Å²) in [5.74, 6) is 1.76. The van der Waals surface area contributed by atoms with Crippen molar-refractivity contribution in [1.29, 1.82) is 0 Å². The largest absolute Gasteiger partial charge is 0.458 e. The number of rotatable bonds is 9. The van der Waals surface area contributed by atoms with Crippen molar-refractivity contribution < 1.29 is 14.1 Å². The highest BCUT2D eigenvalue weighted by atomic mass is 16.3. The van der Waals surface area contributed by atoms with Gasteiger partial charge in [-0.1, -0.05) is 19.4 Å². The number of hydrogen-bond acceptors (Lipinski definition) is 2. The van der Waals surface area contributed by atoms with Crippen molar-refractivity contribution in [3.8, 4) is 0 Å². The van der Waals surface area contributed by atoms with Gasteiger partial charge >= 0.3 is 6.03 Å². The van der Waals surface area contributed by atoms with Crippen LogP contribution in [0.15, 0.2) is 34.7 Å². The minimum absolute atomic E-state index is 0.227. The van der Waals surface area contributed by atoms with E-state index >= 15 is 0 Å². The predicted molar refractivity (Wildman–Crippen MR) is 105 cm³/mol. The molecule has 142 valence electrons. The van der Waals surface area contributed by atoms with Gasteiger partial charge in [-0.3, -0.25) is 0 Å². The van der Waals surface area contributed by atoms with E-state index in [2.05, 4.69) is 31.4 Å². The fraction of sp³-hybridized carbons (Fsp3) is 0.476. The minimum Gasteiger partial charge on any atom is -0.458 e. The Morgan fingerprint density at radius 2 is 1.85 bits per heavy atom. The molecule has 1 unspecified atom stereocenters. The Morgan fingerprint density at radius 3 is 2.54 bits per heavy atom. The molecule has 26 heavy (non-hydrogen) atoms. The molecule has 0 aliphatic carbocycles. The Labute approximate surface area is 156 Å². The number of hydrogen-bond donors (Lipinski definition) is 3. The zero-order chi connectivity index (χ0) is 18.9. The highest BCUT2D eigenvalue weighted by molar-refractivity contribution is 5.89. The number of nitrogens with one attached hydrogen (secondary N) is 3. The second-order valence-corrected chi connectivity index (χ2v) is 6.86. The molecular formula is C21H32N3O2+. The molecule has 0 saturated heterocycles. The SMILES string of the molecule is CCCC[NH+](CC)Cc1ccc(CNC(=O)Nc2ccc(C)c(C)c2)o1. The molecule has 1 aromatic carbocycles. The Bertz CT molecular complexity index is 709. The van der Waals surface area contributed by atoms with Crippen molar-refractivity contribution in [2.24, 2.45) is 0 Å². The lowest BCUT2D eigenvalue weighted by Crippen LogP contribution is -3.10. The zero-order valence-electron chi connectivity index (χ0n) is 16.4. The second kappa shape index (κ2) is 10.0. The van der Waals surface area contributed by atoms with Gasteiger partial charge in [-0.2, -0.15) is 0 Å². The first kappa shape index (κ1) is 20.0. The second-order valence-electron chi connectivity index (χ2n) is 6.86. The van der Waals surface area contributed by atoms with E-state index in [1.54, 1.807) is 0 Å². The molecule has 5 heteroatoms. The van der Waals surface area contributed by atoms with Crippen molar-refractivity contribution >= 4 is 11.7 Å². The molecule has 0 spiro atoms. The van der Waals surface area contributed by atoms with E-state index < -0.39 is 0 Å². The summed E-state index contributed by atoms with van der Waals surface area (Å²) >= 11 is 0. The van der Waals surface area contributed by atoms with Crippen LogP contribution in [0.25, 0.3) is 0 Å². The van der Waals surface area contributed by atoms with E-state index in [1.165, 1.54) is 29.8 Å². The Hall–Kier alpha value is -2.27. The maximum absolute atomic E-state index is 12.1. The predicted octanol–water partition coefficient (Wildman–Crippen LogP) is 3.42. The average Bonchev–Trinajstić information content (AvgIpc) is 3.07. The lowest BCUT2D eigenvalue weighted by atomic mass is 10.1. The standard InChI is InChI=1S/C21H31N3O2/c1-5-7-12-24(6-2)15-20-11-10-19(26-20)14-22-21(25)23-18-9-8-16(3)17(4)13-18/h8-11,13H,5-7,12,14-15H2,1-4H3,(H2,22,23,25)/p+1. The fourth-order valence-corrected chi connectivity index (χ4v) is 2.84. The molecule has 3 N–H and O–H groups in total. The molecule has 1 aromatic heterocycles. The molecular weight excluding hydrogens is 326 g/mol. The van der Waals surface area contributed by atoms with Gasteiger partial charge in [0.15, 0.2) is 5.76 Å². The van der Waals surface area contributed by atoms with E-state index in [1.807, 2.05) is 37.3 Å². The topological polar surface area (TPSA) is 58.7 Å². The van der Waals surface area contributed by atoms with Crippen LogP contribution in [0.1, 0.15) is 49.3 Å². The monoisotopic (exact) mass is 358 g/mol. The van der Waals surface area contributed by atoms with E-state index in [0.29, 0.717) is 6.54 Å². The highest BCUT2D eigenvalue weighted by Gasteiger charge is 2.11. The summed E-state index contributed by atoms with van der Waals surface area (Å²) in [5, 5.41) is 5.70. The zero-order valence-corrected chi connectivity index (χ0v) is 16.4. The number of unbranched alkanes of at least 4 members (excludes halogenated alkanes) is 1. The number of quaternary nitrogens is 1. The third-order valence-electron chi connectivity index (χ3n) is 4.71. The Morgan fingerprint density at radius 1 is 1.08 bits per heavy atom. The van der Waals surface area contributed by atoms with Crippen LogP contribution in [0.4, 0.5) is 10.5 Å². The van der Waals surface area contributed by atoms with E-state index in [9.17, 15) is 4.79 Å². The molecule has 1 heterocycles. The molecule has 2 rings (SSSR count). The van der Waals surface area contributed by atoms with Gasteiger partial charge < -0.3 is 20.0 Å². The molecule has 2 amide bonds. The van der Waals surface area contributed by atoms with Gasteiger partial charge in [-0.25, -0.2) is 4.79 Å². The average molecular weight is 359 g/mol. The number of carbonyl (C=O) groups is 1. The summed E-state index contributed by atoms with van der Waals surface area (Å²) in [4.78, 5) is 13.6. The van der Waals surface area contributed by atoms with Crippen LogP contribution in [-0.4, -0.2) is 19.1 Å². The Kier molecular flexibility index (Phi) is 7.73. The third-order valence-corrected chi connectivity index (χ3v) is 4.71. The van der Waals surface area contributed by atoms with Gasteiger partial charge in [0.05, 0.1) is 19.6 Å². The first-order chi connectivity index (χ1) is 12.5. The molecule has 0 fully saturated rings. The fourth-order valence-electron chi connectivity index (χ4n) is 2.84. The van der Waals surface area contributed by atoms with Gasteiger partial charge in [-0.05, 0) is 62.6 Å². The molecule has 5 nitrogen and oxygen atoms in total. The summed E-state index contributed by atoms with van der Waals surface area (Å²) in [6, 6.07) is 9.61. The number of urea groups is 1. The Balaban J connectivity index is 1.81. The normalized spacial score (nSPS) is 12.0. The minimum atomic E-state index is -0.227. The van der Waals surface area contributed by atoms with Crippen molar-refractivity contribution in [2.45, 2.75) is 53.6 Å². The molecule has 1 atom stereocenters. The van der Waals surface area contributed by atoms with Crippen LogP contribution in [0.5, 0.6) is 0 Å². The molecule has 2 aromatic rings. The van der Waals surface area contributed by atoms with Crippen molar-refractivity contribution in [1.82, 2.24) is 5.32 Å². The van der Waals surface area contributed by atoms with Gasteiger partial charge in [0, 0.05) is 5.69 Å². The maximum atomic E-state index is 12.1. The number of carbonyl (C=O) groups excluding carboxylic acids is 1. The molecule has 0 radical (unpaired) electrons. The number of benzene rings is 1. The van der Waals surface area contributed by atoms with Crippen LogP contribution in [-0.2, 0) is 13.1 Å². The summed E-state index contributed by atoms with van der Waals surface area (Å²) < 4.78 is 5.87. The summed E-state index contributed by atoms with van der Waals surface area (Å²) in [6.07, 6.45) is 2.45. The molecule has 0 saturated carbocycles. The van der Waals surface area contributed by atoms with Gasteiger partial charge in [-0.15, -0.1) is 0 Å². The number of aryl methyl sites for hydroxylation is 2. The van der Waals surface area contributed by atoms with Crippen molar-refractivity contribution in [2.75, 3.05) is 18.4 Å². The van der Waals surface area contributed by atoms with Crippen molar-refractivity contribution in [3.05, 3.63) is 53.0 Å². The van der Waals surface area contributed by atoms with Crippen LogP contribution in [0, 0.1) is 13.8 Å². The molecule has 0 bridgehead atoms. The van der Waals surface area contributed by atoms with E-state index in [0.717, 1.165) is 35.9 Å². The first-order valence-corrected chi connectivity index (χ1v) is 9.55. The van der Waals surface area contributed by atoms with Crippen LogP contribution >= 0.6 is 0 Å². The van der Waals surface area contributed by atoms with E-state index in [4.69, 9.17) is 4.42 Å². The third kappa shape index (κ3) is 6.23. The summed E-state index contributed by atoms with van der Waals surface area (Å²) in [6.45, 7) is 12.0. The van der Waals surface area contributed by atoms with Crippen molar-refractivity contribution in [3.63, 3.8) is 0 Å². The van der Waals surface area contributed by atoms with Gasteiger partial charge in [0.25, 0.3) is 0 Å². The number of amides is 2. The van der Waals surface area contributed by atoms with E-state index in [-0.39, 0.29) is 6.03 Å². The number of furan rings is 1. The first-order valence-electron chi connectivity index (χ1n) is 9.55. The molecule has 0 aliphatic rings. The smallest absolute Gasteiger partial charge is 0.319 e. The van der Waals surface area contributed by atoms with Crippen LogP contribution in [0.3, 0.4) is 0 Å². The number of anilines is 1.